The summed E-state index contributed by atoms with van der Waals surface area (Å²) in [7, 11) is 0. The van der Waals surface area contributed by atoms with Crippen molar-refractivity contribution < 1.29 is 4.42 Å². The van der Waals surface area contributed by atoms with Gasteiger partial charge in [0.1, 0.15) is 5.52 Å². The lowest BCUT2D eigenvalue weighted by Gasteiger charge is -2.34. The van der Waals surface area contributed by atoms with Crippen molar-refractivity contribution in [1.82, 2.24) is 15.0 Å². The van der Waals surface area contributed by atoms with Gasteiger partial charge in [0, 0.05) is 22.3 Å². The van der Waals surface area contributed by atoms with E-state index in [0.717, 1.165) is 61.4 Å². The summed E-state index contributed by atoms with van der Waals surface area (Å²) in [4.78, 5) is 15.3. The fourth-order valence-corrected chi connectivity index (χ4v) is 9.56. The van der Waals surface area contributed by atoms with Crippen LogP contribution in [0, 0.1) is 0 Å². The molecule has 1 atom stereocenters. The smallest absolute Gasteiger partial charge is 0.227 e. The summed E-state index contributed by atoms with van der Waals surface area (Å²) in [5, 5.41) is 0. The number of hydrogen-bond donors (Lipinski definition) is 0. The van der Waals surface area contributed by atoms with E-state index >= 15 is 0 Å². The summed E-state index contributed by atoms with van der Waals surface area (Å²) < 4.78 is 6.33. The van der Waals surface area contributed by atoms with Gasteiger partial charge >= 0.3 is 0 Å². The molecule has 0 aliphatic heterocycles. The molecule has 0 bridgehead atoms. The van der Waals surface area contributed by atoms with Gasteiger partial charge in [-0.3, -0.25) is 0 Å². The molecule has 0 N–H and O–H groups in total. The second-order valence-corrected chi connectivity index (χ2v) is 16.3. The summed E-state index contributed by atoms with van der Waals surface area (Å²) in [5.74, 6) is 1.31. The van der Waals surface area contributed by atoms with E-state index in [1.54, 1.807) is 0 Å². The minimum absolute atomic E-state index is 0.603. The first kappa shape index (κ1) is 37.3. The molecule has 0 radical (unpaired) electrons. The maximum atomic E-state index is 6.33. The van der Waals surface area contributed by atoms with Crippen LogP contribution >= 0.6 is 0 Å². The normalized spacial score (nSPS) is 14.0. The van der Waals surface area contributed by atoms with E-state index < -0.39 is 5.41 Å². The van der Waals surface area contributed by atoms with Gasteiger partial charge in [0.25, 0.3) is 0 Å². The molecule has 1 unspecified atom stereocenters. The third kappa shape index (κ3) is 6.35. The van der Waals surface area contributed by atoms with E-state index in [-0.39, 0.29) is 0 Å². The van der Waals surface area contributed by atoms with Gasteiger partial charge in [0.2, 0.25) is 5.89 Å². The van der Waals surface area contributed by atoms with Gasteiger partial charge in [-0.2, -0.15) is 0 Å². The van der Waals surface area contributed by atoms with Crippen LogP contribution in [0.15, 0.2) is 241 Å². The van der Waals surface area contributed by atoms with Crippen LogP contribution in [0.4, 0.5) is 0 Å². The molecule has 0 saturated carbocycles. The Balaban J connectivity index is 0.959. The Morgan fingerprint density at radius 3 is 1.47 bits per heavy atom. The lowest BCUT2D eigenvalue weighted by atomic mass is 9.67. The van der Waals surface area contributed by atoms with Crippen molar-refractivity contribution >= 4 is 11.1 Å². The number of nitrogens with zero attached hydrogens (tertiary/aromatic N) is 3. The summed E-state index contributed by atoms with van der Waals surface area (Å²) in [5.41, 5.74) is 18.6. The molecular formula is C60H39N3O. The molecule has 1 aliphatic rings. The van der Waals surface area contributed by atoms with E-state index in [9.17, 15) is 0 Å². The van der Waals surface area contributed by atoms with Crippen LogP contribution in [0.2, 0.25) is 0 Å². The highest BCUT2D eigenvalue weighted by Gasteiger charge is 2.46. The summed E-state index contributed by atoms with van der Waals surface area (Å²) >= 11 is 0. The number of fused-ring (bicyclic) bond motifs is 4. The molecule has 64 heavy (non-hydrogen) atoms. The number of benzene rings is 9. The van der Waals surface area contributed by atoms with Gasteiger partial charge in [-0.05, 0) is 92.0 Å². The van der Waals surface area contributed by atoms with Crippen LogP contribution in [-0.4, -0.2) is 15.0 Å². The molecule has 0 saturated heterocycles. The van der Waals surface area contributed by atoms with E-state index in [4.69, 9.17) is 19.4 Å². The predicted molar refractivity (Wildman–Crippen MR) is 260 cm³/mol. The Kier molecular flexibility index (Phi) is 9.01. The van der Waals surface area contributed by atoms with E-state index in [1.165, 1.54) is 38.9 Å². The molecule has 1 aliphatic carbocycles. The number of oxazole rings is 1. The molecule has 2 heterocycles. The maximum Gasteiger partial charge on any atom is 0.227 e. The molecule has 2 aromatic heterocycles. The van der Waals surface area contributed by atoms with Crippen molar-refractivity contribution in [2.45, 2.75) is 5.41 Å². The monoisotopic (exact) mass is 817 g/mol. The summed E-state index contributed by atoms with van der Waals surface area (Å²) in [6, 6.07) is 83.6. The van der Waals surface area contributed by atoms with Crippen molar-refractivity contribution in [2.24, 2.45) is 0 Å². The molecule has 9 aromatic carbocycles. The standard InChI is InChI=1S/C60H39N3O/c1-5-15-40(16-6-1)41-25-29-43(30-26-41)54-39-55(62-58(61-54)45-17-7-2-8-18-45)44-31-27-42(28-32-44)47-33-35-51-50-23-13-14-24-52(50)60(53(51)37-47,48-21-11-4-12-22-48)49-34-36-57-56(38-49)63-59(64-57)46-19-9-3-10-20-46/h1-39H. The second kappa shape index (κ2) is 15.5. The van der Waals surface area contributed by atoms with Crippen LogP contribution < -0.4 is 0 Å². The molecule has 11 aromatic rings. The number of rotatable bonds is 8. The average Bonchev–Trinajstić information content (AvgIpc) is 3.95. The molecule has 4 heteroatoms. The SMILES string of the molecule is c1ccc(-c2ccc(-c3cc(-c4ccc(-c5ccc6c(c5)C(c5ccccc5)(c5ccc7oc(-c8ccccc8)nc7c5)c5ccccc5-6)cc4)nc(-c4ccccc4)n3)cc2)cc1. The van der Waals surface area contributed by atoms with Crippen LogP contribution in [0.5, 0.6) is 0 Å². The zero-order valence-electron chi connectivity index (χ0n) is 34.8. The van der Waals surface area contributed by atoms with E-state index in [1.807, 2.05) is 54.6 Å². The van der Waals surface area contributed by atoms with Gasteiger partial charge in [0.15, 0.2) is 11.4 Å². The number of hydrogen-bond acceptors (Lipinski definition) is 4. The van der Waals surface area contributed by atoms with Crippen LogP contribution in [0.25, 0.3) is 89.8 Å². The van der Waals surface area contributed by atoms with Gasteiger partial charge < -0.3 is 4.42 Å². The van der Waals surface area contributed by atoms with Gasteiger partial charge in [-0.1, -0.05) is 200 Å². The molecule has 0 fully saturated rings. The van der Waals surface area contributed by atoms with E-state index in [0.29, 0.717) is 11.7 Å². The fraction of sp³-hybridized carbons (Fsp3) is 0.0167. The number of aromatic nitrogens is 3. The van der Waals surface area contributed by atoms with Crippen LogP contribution in [0.1, 0.15) is 22.3 Å². The molecule has 0 amide bonds. The fourth-order valence-electron chi connectivity index (χ4n) is 9.56. The third-order valence-corrected chi connectivity index (χ3v) is 12.7. The van der Waals surface area contributed by atoms with Crippen LogP contribution in [-0.2, 0) is 5.41 Å². The van der Waals surface area contributed by atoms with Crippen molar-refractivity contribution in [3.05, 3.63) is 259 Å². The Labute approximate surface area is 371 Å². The predicted octanol–water partition coefficient (Wildman–Crippen LogP) is 15.0. The molecular weight excluding hydrogens is 779 g/mol. The Hall–Kier alpha value is -8.47. The molecule has 4 nitrogen and oxygen atoms in total. The van der Waals surface area contributed by atoms with E-state index in [2.05, 4.69) is 182 Å². The molecule has 0 spiro atoms. The molecule has 12 rings (SSSR count). The first-order valence-corrected chi connectivity index (χ1v) is 21.7. The third-order valence-electron chi connectivity index (χ3n) is 12.7. The van der Waals surface area contributed by atoms with Gasteiger partial charge in [0.05, 0.1) is 16.8 Å². The van der Waals surface area contributed by atoms with Crippen molar-refractivity contribution in [1.29, 1.82) is 0 Å². The van der Waals surface area contributed by atoms with Crippen molar-refractivity contribution in [3.63, 3.8) is 0 Å². The van der Waals surface area contributed by atoms with Gasteiger partial charge in [-0.25, -0.2) is 15.0 Å². The largest absolute Gasteiger partial charge is 0.436 e. The summed E-state index contributed by atoms with van der Waals surface area (Å²) in [6.07, 6.45) is 0. The first-order chi connectivity index (χ1) is 31.7. The van der Waals surface area contributed by atoms with Crippen LogP contribution in [0.3, 0.4) is 0 Å². The molecule has 300 valence electrons. The first-order valence-electron chi connectivity index (χ1n) is 21.7. The lowest BCUT2D eigenvalue weighted by molar-refractivity contribution is 0.619. The highest BCUT2D eigenvalue weighted by atomic mass is 16.3. The quantitative estimate of drug-likeness (QED) is 0.153. The Bertz CT molecular complexity index is 3460. The highest BCUT2D eigenvalue weighted by molar-refractivity contribution is 5.90. The topological polar surface area (TPSA) is 51.8 Å². The summed E-state index contributed by atoms with van der Waals surface area (Å²) in [6.45, 7) is 0. The van der Waals surface area contributed by atoms with Crippen molar-refractivity contribution in [2.75, 3.05) is 0 Å². The second-order valence-electron chi connectivity index (χ2n) is 16.3. The van der Waals surface area contributed by atoms with Gasteiger partial charge in [-0.15, -0.1) is 0 Å². The zero-order valence-corrected chi connectivity index (χ0v) is 34.8. The Morgan fingerprint density at radius 1 is 0.312 bits per heavy atom. The average molecular weight is 818 g/mol. The minimum atomic E-state index is -0.603. The lowest BCUT2D eigenvalue weighted by Crippen LogP contribution is -2.28. The highest BCUT2D eigenvalue weighted by Crippen LogP contribution is 2.57. The zero-order chi connectivity index (χ0) is 42.5. The maximum absolute atomic E-state index is 6.33. The van der Waals surface area contributed by atoms with Crippen molar-refractivity contribution in [3.8, 4) is 78.7 Å². The Morgan fingerprint density at radius 2 is 0.812 bits per heavy atom. The minimum Gasteiger partial charge on any atom is -0.436 e.